The summed E-state index contributed by atoms with van der Waals surface area (Å²) < 4.78 is 0. The molecule has 3 heteroatoms. The average molecular weight is 260 g/mol. The number of carbonyl (C=O) groups is 1. The van der Waals surface area contributed by atoms with Gasteiger partial charge in [-0.1, -0.05) is 34.6 Å². The quantitative estimate of drug-likeness (QED) is 0.493. The minimum Gasteiger partial charge on any atom is -0.317 e. The van der Waals surface area contributed by atoms with Gasteiger partial charge >= 0.3 is 0 Å². The van der Waals surface area contributed by atoms with Crippen molar-refractivity contribution < 1.29 is 4.79 Å². The Morgan fingerprint density at radius 2 is 0.889 bits per heavy atom. The van der Waals surface area contributed by atoms with Gasteiger partial charge in [-0.25, -0.2) is 0 Å². The third kappa shape index (κ3) is 45.0. The van der Waals surface area contributed by atoms with Gasteiger partial charge in [-0.3, -0.25) is 0 Å². The standard InChI is InChI=1S/2C6H15N.C3H6O/c2*1-3-5-7-6-4-2;1-2-3-4/h2*7H,3-6H2,1-2H3;3H,2H2,1H3. The second-order valence-corrected chi connectivity index (χ2v) is 4.07. The Hall–Kier alpha value is -0.410. The van der Waals surface area contributed by atoms with E-state index in [9.17, 15) is 4.79 Å². The van der Waals surface area contributed by atoms with E-state index in [0.717, 1.165) is 6.29 Å². The number of aldehydes is 1. The Morgan fingerprint density at radius 1 is 0.667 bits per heavy atom. The summed E-state index contributed by atoms with van der Waals surface area (Å²) in [6.07, 6.45) is 6.51. The lowest BCUT2D eigenvalue weighted by Crippen LogP contribution is -2.14. The summed E-state index contributed by atoms with van der Waals surface area (Å²) >= 11 is 0. The minimum absolute atomic E-state index is 0.639. The van der Waals surface area contributed by atoms with Crippen LogP contribution in [0.1, 0.15) is 66.7 Å². The smallest absolute Gasteiger partial charge is 0.119 e. The van der Waals surface area contributed by atoms with Crippen molar-refractivity contribution >= 4 is 6.29 Å². The van der Waals surface area contributed by atoms with E-state index in [1.165, 1.54) is 51.9 Å². The van der Waals surface area contributed by atoms with Crippen LogP contribution in [0.3, 0.4) is 0 Å². The third-order valence-corrected chi connectivity index (χ3v) is 1.87. The van der Waals surface area contributed by atoms with Crippen LogP contribution >= 0.6 is 0 Å². The van der Waals surface area contributed by atoms with Crippen LogP contribution in [0.25, 0.3) is 0 Å². The van der Waals surface area contributed by atoms with Crippen molar-refractivity contribution in [3.8, 4) is 0 Å². The largest absolute Gasteiger partial charge is 0.317 e. The first-order valence-corrected chi connectivity index (χ1v) is 7.59. The first-order chi connectivity index (χ1) is 8.74. The summed E-state index contributed by atoms with van der Waals surface area (Å²) in [5.41, 5.74) is 0. The first kappa shape index (κ1) is 22.7. The summed E-state index contributed by atoms with van der Waals surface area (Å²) in [7, 11) is 0. The summed E-state index contributed by atoms with van der Waals surface area (Å²) in [5.74, 6) is 0. The molecule has 112 valence electrons. The van der Waals surface area contributed by atoms with Gasteiger partial charge in [0, 0.05) is 6.42 Å². The van der Waals surface area contributed by atoms with Crippen LogP contribution in [0.5, 0.6) is 0 Å². The molecule has 0 spiro atoms. The summed E-state index contributed by atoms with van der Waals surface area (Å²) in [6.45, 7) is 15.2. The van der Waals surface area contributed by atoms with E-state index >= 15 is 0 Å². The van der Waals surface area contributed by atoms with E-state index in [4.69, 9.17) is 0 Å². The third-order valence-electron chi connectivity index (χ3n) is 1.87. The average Bonchev–Trinajstić information content (AvgIpc) is 2.41. The molecule has 3 nitrogen and oxygen atoms in total. The van der Waals surface area contributed by atoms with Gasteiger partial charge in [-0.15, -0.1) is 0 Å². The van der Waals surface area contributed by atoms with Crippen LogP contribution < -0.4 is 10.6 Å². The van der Waals surface area contributed by atoms with Crippen LogP contribution in [0.15, 0.2) is 0 Å². The number of hydrogen-bond acceptors (Lipinski definition) is 3. The fourth-order valence-corrected chi connectivity index (χ4v) is 0.957. The number of carbonyl (C=O) groups excluding carboxylic acids is 1. The summed E-state index contributed by atoms with van der Waals surface area (Å²) in [6, 6.07) is 0. The lowest BCUT2D eigenvalue weighted by atomic mass is 10.4. The molecular weight excluding hydrogens is 224 g/mol. The normalized spacial score (nSPS) is 8.72. The molecule has 18 heavy (non-hydrogen) atoms. The van der Waals surface area contributed by atoms with Gasteiger partial charge in [0.2, 0.25) is 0 Å². The molecule has 0 fully saturated rings. The minimum atomic E-state index is 0.639. The molecule has 0 aliphatic carbocycles. The highest BCUT2D eigenvalue weighted by molar-refractivity contribution is 5.48. The molecule has 0 rings (SSSR count). The van der Waals surface area contributed by atoms with Gasteiger partial charge in [-0.05, 0) is 51.9 Å². The summed E-state index contributed by atoms with van der Waals surface area (Å²) in [5, 5.41) is 6.57. The maximum absolute atomic E-state index is 9.17. The monoisotopic (exact) mass is 260 g/mol. The highest BCUT2D eigenvalue weighted by Gasteiger charge is 1.77. The predicted octanol–water partition coefficient (Wildman–Crippen LogP) is 3.39. The zero-order valence-electron chi connectivity index (χ0n) is 13.3. The van der Waals surface area contributed by atoms with Crippen molar-refractivity contribution in [3.05, 3.63) is 0 Å². The lowest BCUT2D eigenvalue weighted by molar-refractivity contribution is -0.107. The van der Waals surface area contributed by atoms with Crippen molar-refractivity contribution in [2.24, 2.45) is 0 Å². The maximum atomic E-state index is 9.17. The van der Waals surface area contributed by atoms with E-state index < -0.39 is 0 Å². The van der Waals surface area contributed by atoms with E-state index in [1.807, 2.05) is 6.92 Å². The fourth-order valence-electron chi connectivity index (χ4n) is 0.957. The van der Waals surface area contributed by atoms with Crippen molar-refractivity contribution in [2.45, 2.75) is 66.7 Å². The molecule has 0 aliphatic heterocycles. The van der Waals surface area contributed by atoms with Gasteiger partial charge in [0.25, 0.3) is 0 Å². The van der Waals surface area contributed by atoms with Crippen molar-refractivity contribution in [1.29, 1.82) is 0 Å². The van der Waals surface area contributed by atoms with Crippen molar-refractivity contribution in [2.75, 3.05) is 26.2 Å². The Kier molecular flexibility index (Phi) is 37.9. The van der Waals surface area contributed by atoms with Gasteiger partial charge in [0.15, 0.2) is 0 Å². The molecule has 0 atom stereocenters. The van der Waals surface area contributed by atoms with Crippen LogP contribution in [-0.4, -0.2) is 32.5 Å². The lowest BCUT2D eigenvalue weighted by Gasteiger charge is -1.95. The Bertz CT molecular complexity index is 101. The zero-order valence-corrected chi connectivity index (χ0v) is 13.3. The topological polar surface area (TPSA) is 41.1 Å². The molecule has 0 aromatic carbocycles. The molecule has 0 bridgehead atoms. The van der Waals surface area contributed by atoms with Gasteiger partial charge in [-0.2, -0.15) is 0 Å². The van der Waals surface area contributed by atoms with Crippen LogP contribution in [0.2, 0.25) is 0 Å². The van der Waals surface area contributed by atoms with Gasteiger partial charge in [0.05, 0.1) is 0 Å². The van der Waals surface area contributed by atoms with Crippen LogP contribution in [0.4, 0.5) is 0 Å². The SMILES string of the molecule is CCC=O.CCCNCCC.CCCNCCC. The van der Waals surface area contributed by atoms with Crippen LogP contribution in [-0.2, 0) is 4.79 Å². The van der Waals surface area contributed by atoms with E-state index in [-0.39, 0.29) is 0 Å². The van der Waals surface area contributed by atoms with E-state index in [0.29, 0.717) is 6.42 Å². The van der Waals surface area contributed by atoms with Crippen molar-refractivity contribution in [1.82, 2.24) is 10.6 Å². The van der Waals surface area contributed by atoms with Gasteiger partial charge < -0.3 is 15.4 Å². The molecule has 0 aromatic heterocycles. The Balaban J connectivity index is -0.000000196. The number of hydrogen-bond donors (Lipinski definition) is 2. The molecule has 0 aliphatic rings. The maximum Gasteiger partial charge on any atom is 0.119 e. The van der Waals surface area contributed by atoms with Crippen LogP contribution in [0, 0.1) is 0 Å². The van der Waals surface area contributed by atoms with Crippen molar-refractivity contribution in [3.63, 3.8) is 0 Å². The summed E-state index contributed by atoms with van der Waals surface area (Å²) in [4.78, 5) is 9.17. The molecular formula is C15H36N2O. The molecule has 0 amide bonds. The Labute approximate surface area is 115 Å². The second kappa shape index (κ2) is 30.0. The predicted molar refractivity (Wildman–Crippen MR) is 83.3 cm³/mol. The second-order valence-electron chi connectivity index (χ2n) is 4.07. The number of nitrogens with one attached hydrogen (secondary N) is 2. The highest BCUT2D eigenvalue weighted by Crippen LogP contribution is 1.72. The Morgan fingerprint density at radius 3 is 1.00 bits per heavy atom. The molecule has 0 unspecified atom stereocenters. The molecule has 0 radical (unpaired) electrons. The fraction of sp³-hybridized carbons (Fsp3) is 0.933. The molecule has 0 saturated carbocycles. The first-order valence-electron chi connectivity index (χ1n) is 7.59. The molecule has 2 N–H and O–H groups in total. The van der Waals surface area contributed by atoms with Gasteiger partial charge in [0.1, 0.15) is 6.29 Å². The zero-order chi connectivity index (χ0) is 14.5. The molecule has 0 saturated heterocycles. The highest BCUT2D eigenvalue weighted by atomic mass is 16.1. The number of rotatable bonds is 9. The molecule has 0 aromatic rings. The molecule has 0 heterocycles. The van der Waals surface area contributed by atoms with E-state index in [2.05, 4.69) is 38.3 Å². The van der Waals surface area contributed by atoms with E-state index in [1.54, 1.807) is 0 Å².